The van der Waals surface area contributed by atoms with Crippen molar-refractivity contribution in [3.63, 3.8) is 0 Å². The Bertz CT molecular complexity index is 225. The van der Waals surface area contributed by atoms with Crippen LogP contribution in [-0.2, 0) is 4.79 Å². The highest BCUT2D eigenvalue weighted by Crippen LogP contribution is 2.34. The van der Waals surface area contributed by atoms with E-state index in [1.165, 1.54) is 4.90 Å². The van der Waals surface area contributed by atoms with Crippen molar-refractivity contribution in [1.82, 2.24) is 4.90 Å². The summed E-state index contributed by atoms with van der Waals surface area (Å²) in [6.07, 6.45) is -4.01. The summed E-state index contributed by atoms with van der Waals surface area (Å²) in [7, 11) is 0. The first-order chi connectivity index (χ1) is 6.34. The molecule has 0 radical (unpaired) electrons. The Kier molecular flexibility index (Phi) is 3.07. The van der Waals surface area contributed by atoms with E-state index >= 15 is 0 Å². The SMILES string of the molecule is CC(C)N1CCCC(C(F)(F)F)C1=O. The molecule has 0 spiro atoms. The molecule has 0 aromatic carbocycles. The Morgan fingerprint density at radius 1 is 1.43 bits per heavy atom. The molecule has 0 saturated carbocycles. The average Bonchev–Trinajstić information content (AvgIpc) is 2.01. The van der Waals surface area contributed by atoms with Crippen LogP contribution in [0.15, 0.2) is 0 Å². The van der Waals surface area contributed by atoms with Crippen LogP contribution in [-0.4, -0.2) is 29.6 Å². The van der Waals surface area contributed by atoms with Gasteiger partial charge in [0.25, 0.3) is 0 Å². The standard InChI is InChI=1S/C9H14F3NO/c1-6(2)13-5-3-4-7(8(13)14)9(10,11)12/h6-7H,3-5H2,1-2H3. The minimum Gasteiger partial charge on any atom is -0.340 e. The summed E-state index contributed by atoms with van der Waals surface area (Å²) in [5.41, 5.74) is 0. The molecule has 5 heteroatoms. The number of amides is 1. The first-order valence-corrected chi connectivity index (χ1v) is 4.71. The molecule has 1 fully saturated rings. The third-order valence-corrected chi connectivity index (χ3v) is 2.49. The monoisotopic (exact) mass is 209 g/mol. The summed E-state index contributed by atoms with van der Waals surface area (Å²) in [6, 6.07) is -0.146. The number of nitrogens with zero attached hydrogens (tertiary/aromatic N) is 1. The Morgan fingerprint density at radius 3 is 2.43 bits per heavy atom. The van der Waals surface area contributed by atoms with Gasteiger partial charge in [0, 0.05) is 12.6 Å². The number of alkyl halides is 3. The summed E-state index contributed by atoms with van der Waals surface area (Å²) < 4.78 is 37.1. The molecule has 1 aliphatic rings. The van der Waals surface area contributed by atoms with Gasteiger partial charge in [-0.1, -0.05) is 0 Å². The molecule has 1 unspecified atom stereocenters. The molecule has 1 rings (SSSR count). The summed E-state index contributed by atoms with van der Waals surface area (Å²) in [5.74, 6) is -2.54. The second-order valence-electron chi connectivity index (χ2n) is 3.86. The molecular formula is C9H14F3NO. The molecule has 0 aromatic heterocycles. The van der Waals surface area contributed by atoms with Crippen molar-refractivity contribution < 1.29 is 18.0 Å². The van der Waals surface area contributed by atoms with Gasteiger partial charge in [0.1, 0.15) is 5.92 Å². The molecule has 1 amide bonds. The predicted molar refractivity (Wildman–Crippen MR) is 45.6 cm³/mol. The van der Waals surface area contributed by atoms with Crippen molar-refractivity contribution >= 4 is 5.91 Å². The van der Waals surface area contributed by atoms with E-state index in [0.29, 0.717) is 13.0 Å². The van der Waals surface area contributed by atoms with Crippen LogP contribution < -0.4 is 0 Å². The van der Waals surface area contributed by atoms with Gasteiger partial charge in [0.2, 0.25) is 5.91 Å². The first-order valence-electron chi connectivity index (χ1n) is 4.71. The lowest BCUT2D eigenvalue weighted by Crippen LogP contribution is -2.49. The summed E-state index contributed by atoms with van der Waals surface area (Å²) >= 11 is 0. The van der Waals surface area contributed by atoms with Crippen molar-refractivity contribution in [1.29, 1.82) is 0 Å². The molecule has 1 atom stereocenters. The van der Waals surface area contributed by atoms with Crippen molar-refractivity contribution in [2.75, 3.05) is 6.54 Å². The zero-order valence-corrected chi connectivity index (χ0v) is 8.27. The fraction of sp³-hybridized carbons (Fsp3) is 0.889. The number of piperidine rings is 1. The minimum absolute atomic E-state index is 0.0639. The Morgan fingerprint density at radius 2 is 2.00 bits per heavy atom. The van der Waals surface area contributed by atoms with E-state index in [-0.39, 0.29) is 12.5 Å². The fourth-order valence-corrected chi connectivity index (χ4v) is 1.72. The van der Waals surface area contributed by atoms with Gasteiger partial charge in [-0.15, -0.1) is 0 Å². The molecule has 0 bridgehead atoms. The van der Waals surface area contributed by atoms with Crippen LogP contribution in [0.4, 0.5) is 13.2 Å². The van der Waals surface area contributed by atoms with E-state index in [0.717, 1.165) is 0 Å². The van der Waals surface area contributed by atoms with Gasteiger partial charge >= 0.3 is 6.18 Å². The lowest BCUT2D eigenvalue weighted by atomic mass is 9.95. The van der Waals surface area contributed by atoms with Gasteiger partial charge in [-0.3, -0.25) is 4.79 Å². The summed E-state index contributed by atoms with van der Waals surface area (Å²) in [4.78, 5) is 12.7. The molecule has 2 nitrogen and oxygen atoms in total. The third-order valence-electron chi connectivity index (χ3n) is 2.49. The zero-order chi connectivity index (χ0) is 10.9. The number of hydrogen-bond donors (Lipinski definition) is 0. The molecule has 0 aliphatic carbocycles. The molecule has 0 aromatic rings. The molecule has 82 valence electrons. The number of likely N-dealkylation sites (tertiary alicyclic amines) is 1. The molecule has 0 N–H and O–H groups in total. The number of hydrogen-bond acceptors (Lipinski definition) is 1. The molecule has 1 heterocycles. The maximum Gasteiger partial charge on any atom is 0.400 e. The van der Waals surface area contributed by atoms with Crippen LogP contribution in [0, 0.1) is 5.92 Å². The third kappa shape index (κ3) is 2.19. The number of carbonyl (C=O) groups is 1. The average molecular weight is 209 g/mol. The van der Waals surface area contributed by atoms with E-state index in [1.807, 2.05) is 0 Å². The molecule has 14 heavy (non-hydrogen) atoms. The summed E-state index contributed by atoms with van der Waals surface area (Å²) in [5, 5.41) is 0. The topological polar surface area (TPSA) is 20.3 Å². The van der Waals surface area contributed by atoms with Crippen LogP contribution >= 0.6 is 0 Å². The van der Waals surface area contributed by atoms with Crippen molar-refractivity contribution in [3.05, 3.63) is 0 Å². The largest absolute Gasteiger partial charge is 0.400 e. The van der Waals surface area contributed by atoms with E-state index in [9.17, 15) is 18.0 Å². The second-order valence-corrected chi connectivity index (χ2v) is 3.86. The van der Waals surface area contributed by atoms with E-state index in [2.05, 4.69) is 0 Å². The lowest BCUT2D eigenvalue weighted by molar-refractivity contribution is -0.196. The molecule has 1 saturated heterocycles. The summed E-state index contributed by atoms with van der Waals surface area (Å²) in [6.45, 7) is 3.91. The van der Waals surface area contributed by atoms with Crippen molar-refractivity contribution in [3.8, 4) is 0 Å². The number of halogens is 3. The van der Waals surface area contributed by atoms with Gasteiger partial charge in [0.05, 0.1) is 0 Å². The second kappa shape index (κ2) is 3.79. The number of carbonyl (C=O) groups excluding carboxylic acids is 1. The van der Waals surface area contributed by atoms with Crippen molar-refractivity contribution in [2.24, 2.45) is 5.92 Å². The maximum absolute atomic E-state index is 12.4. The Labute approximate surface area is 81.1 Å². The van der Waals surface area contributed by atoms with E-state index in [1.54, 1.807) is 13.8 Å². The highest BCUT2D eigenvalue weighted by Gasteiger charge is 2.48. The van der Waals surface area contributed by atoms with Gasteiger partial charge < -0.3 is 4.90 Å². The lowest BCUT2D eigenvalue weighted by Gasteiger charge is -2.35. The Hall–Kier alpha value is -0.740. The van der Waals surface area contributed by atoms with E-state index < -0.39 is 18.0 Å². The van der Waals surface area contributed by atoms with Gasteiger partial charge in [-0.2, -0.15) is 13.2 Å². The molecular weight excluding hydrogens is 195 g/mol. The normalized spacial score (nSPS) is 24.6. The zero-order valence-electron chi connectivity index (χ0n) is 8.27. The highest BCUT2D eigenvalue weighted by molar-refractivity contribution is 5.80. The minimum atomic E-state index is -4.38. The number of rotatable bonds is 1. The molecule has 1 aliphatic heterocycles. The quantitative estimate of drug-likeness (QED) is 0.648. The van der Waals surface area contributed by atoms with Gasteiger partial charge in [0.15, 0.2) is 0 Å². The van der Waals surface area contributed by atoms with Gasteiger partial charge in [-0.25, -0.2) is 0 Å². The maximum atomic E-state index is 12.4. The fourth-order valence-electron chi connectivity index (χ4n) is 1.72. The van der Waals surface area contributed by atoms with Crippen molar-refractivity contribution in [2.45, 2.75) is 38.9 Å². The van der Waals surface area contributed by atoms with Crippen LogP contribution in [0.25, 0.3) is 0 Å². The van der Waals surface area contributed by atoms with Crippen LogP contribution in [0.5, 0.6) is 0 Å². The van der Waals surface area contributed by atoms with E-state index in [4.69, 9.17) is 0 Å². The van der Waals surface area contributed by atoms with Crippen LogP contribution in [0.3, 0.4) is 0 Å². The Balaban J connectivity index is 2.77. The smallest absolute Gasteiger partial charge is 0.340 e. The first kappa shape index (κ1) is 11.3. The van der Waals surface area contributed by atoms with Crippen LogP contribution in [0.1, 0.15) is 26.7 Å². The predicted octanol–water partition coefficient (Wildman–Crippen LogP) is 2.20. The van der Waals surface area contributed by atoms with Crippen LogP contribution in [0.2, 0.25) is 0 Å². The highest BCUT2D eigenvalue weighted by atomic mass is 19.4. The van der Waals surface area contributed by atoms with Gasteiger partial charge in [-0.05, 0) is 26.7 Å².